The molecule has 2 aromatic carbocycles. The van der Waals surface area contributed by atoms with E-state index in [0.29, 0.717) is 11.5 Å². The number of H-pyrrole nitrogens is 1. The maximum atomic E-state index is 12.0. The van der Waals surface area contributed by atoms with Gasteiger partial charge in [-0.15, -0.1) is 0 Å². The summed E-state index contributed by atoms with van der Waals surface area (Å²) >= 11 is 0. The molecule has 1 heterocycles. The standard InChI is InChI=1S/C20H20N4O4/c1-3-27-19(25)17(20(26)28-4-2)24-23-14-10-6-5-9-13(14)18-21-15-11-7-8-12-16(15)22-18/h5-12,23H,3-4H2,1-2H3,(H,21,22). The van der Waals surface area contributed by atoms with Gasteiger partial charge in [0.1, 0.15) is 5.82 Å². The van der Waals surface area contributed by atoms with E-state index in [1.54, 1.807) is 26.0 Å². The molecular weight excluding hydrogens is 360 g/mol. The van der Waals surface area contributed by atoms with Gasteiger partial charge in [0.15, 0.2) is 0 Å². The van der Waals surface area contributed by atoms with Crippen molar-refractivity contribution in [3.8, 4) is 11.4 Å². The molecule has 28 heavy (non-hydrogen) atoms. The van der Waals surface area contributed by atoms with Gasteiger partial charge in [-0.05, 0) is 38.1 Å². The number of carbonyl (C=O) groups is 2. The fourth-order valence-electron chi connectivity index (χ4n) is 2.56. The van der Waals surface area contributed by atoms with E-state index in [2.05, 4.69) is 20.5 Å². The van der Waals surface area contributed by atoms with Crippen molar-refractivity contribution in [2.24, 2.45) is 5.10 Å². The summed E-state index contributed by atoms with van der Waals surface area (Å²) in [5.41, 5.74) is 5.33. The van der Waals surface area contributed by atoms with Gasteiger partial charge in [-0.25, -0.2) is 14.6 Å². The van der Waals surface area contributed by atoms with Crippen LogP contribution in [0, 0.1) is 0 Å². The highest BCUT2D eigenvalue weighted by molar-refractivity contribution is 6.62. The molecule has 0 saturated heterocycles. The molecule has 0 fully saturated rings. The zero-order chi connectivity index (χ0) is 19.9. The van der Waals surface area contributed by atoms with E-state index in [1.165, 1.54) is 0 Å². The number of carbonyl (C=O) groups excluding carboxylic acids is 2. The highest BCUT2D eigenvalue weighted by atomic mass is 16.6. The summed E-state index contributed by atoms with van der Waals surface area (Å²) in [7, 11) is 0. The topological polar surface area (TPSA) is 106 Å². The molecule has 1 aromatic heterocycles. The number of aromatic nitrogens is 2. The summed E-state index contributed by atoms with van der Waals surface area (Å²) in [5.74, 6) is -1.07. The largest absolute Gasteiger partial charge is 0.461 e. The van der Waals surface area contributed by atoms with Crippen molar-refractivity contribution in [2.45, 2.75) is 13.8 Å². The number of rotatable bonds is 7. The number of benzene rings is 2. The molecule has 0 amide bonds. The van der Waals surface area contributed by atoms with Crippen LogP contribution in [0.4, 0.5) is 5.69 Å². The number of hydrogen-bond acceptors (Lipinski definition) is 7. The molecular formula is C20H20N4O4. The number of fused-ring (bicyclic) bond motifs is 1. The first-order valence-electron chi connectivity index (χ1n) is 8.86. The molecule has 0 aliphatic heterocycles. The Morgan fingerprint density at radius 2 is 1.64 bits per heavy atom. The molecule has 0 spiro atoms. The number of esters is 2. The van der Waals surface area contributed by atoms with Gasteiger partial charge in [0, 0.05) is 5.56 Å². The highest BCUT2D eigenvalue weighted by Gasteiger charge is 2.24. The van der Waals surface area contributed by atoms with E-state index in [-0.39, 0.29) is 13.2 Å². The molecule has 8 nitrogen and oxygen atoms in total. The average Bonchev–Trinajstić information content (AvgIpc) is 3.13. The van der Waals surface area contributed by atoms with Gasteiger partial charge in [0.2, 0.25) is 0 Å². The number of imidazole rings is 1. The minimum atomic E-state index is -0.852. The number of hydrazone groups is 1. The van der Waals surface area contributed by atoms with Crippen molar-refractivity contribution < 1.29 is 19.1 Å². The third-order valence-corrected chi connectivity index (χ3v) is 3.80. The van der Waals surface area contributed by atoms with Crippen LogP contribution in [-0.2, 0) is 19.1 Å². The quantitative estimate of drug-likeness (QED) is 0.282. The van der Waals surface area contributed by atoms with E-state index in [9.17, 15) is 9.59 Å². The summed E-state index contributed by atoms with van der Waals surface area (Å²) in [6.45, 7) is 3.52. The van der Waals surface area contributed by atoms with Crippen molar-refractivity contribution in [3.63, 3.8) is 0 Å². The molecule has 0 unspecified atom stereocenters. The number of hydrogen-bond donors (Lipinski definition) is 2. The molecule has 3 aromatic rings. The zero-order valence-electron chi connectivity index (χ0n) is 15.6. The Morgan fingerprint density at radius 1 is 1.00 bits per heavy atom. The van der Waals surface area contributed by atoms with Crippen LogP contribution in [0.2, 0.25) is 0 Å². The number of anilines is 1. The number of ether oxygens (including phenoxy) is 2. The minimum Gasteiger partial charge on any atom is -0.461 e. The Morgan fingerprint density at radius 3 is 2.32 bits per heavy atom. The summed E-state index contributed by atoms with van der Waals surface area (Å²) in [6, 6.07) is 14.9. The van der Waals surface area contributed by atoms with Gasteiger partial charge in [0.25, 0.3) is 5.71 Å². The second kappa shape index (κ2) is 8.81. The predicted molar refractivity (Wildman–Crippen MR) is 106 cm³/mol. The lowest BCUT2D eigenvalue weighted by Crippen LogP contribution is -2.29. The summed E-state index contributed by atoms with van der Waals surface area (Å²) in [4.78, 5) is 31.9. The van der Waals surface area contributed by atoms with Crippen LogP contribution < -0.4 is 5.43 Å². The first-order valence-corrected chi connectivity index (χ1v) is 8.86. The molecule has 0 atom stereocenters. The monoisotopic (exact) mass is 380 g/mol. The predicted octanol–water partition coefficient (Wildman–Crippen LogP) is 3.12. The van der Waals surface area contributed by atoms with Gasteiger partial charge in [-0.2, -0.15) is 5.10 Å². The van der Waals surface area contributed by atoms with Crippen molar-refractivity contribution in [3.05, 3.63) is 48.5 Å². The molecule has 0 aliphatic rings. The van der Waals surface area contributed by atoms with Gasteiger partial charge < -0.3 is 14.5 Å². The summed E-state index contributed by atoms with van der Waals surface area (Å²) < 4.78 is 9.77. The van der Waals surface area contributed by atoms with Gasteiger partial charge in [-0.1, -0.05) is 24.3 Å². The summed E-state index contributed by atoms with van der Waals surface area (Å²) in [6.07, 6.45) is 0. The van der Waals surface area contributed by atoms with Crippen LogP contribution in [0.15, 0.2) is 53.6 Å². The van der Waals surface area contributed by atoms with E-state index in [4.69, 9.17) is 9.47 Å². The van der Waals surface area contributed by atoms with Gasteiger partial charge >= 0.3 is 11.9 Å². The fraction of sp³-hybridized carbons (Fsp3) is 0.200. The smallest absolute Gasteiger partial charge is 0.366 e. The van der Waals surface area contributed by atoms with E-state index in [1.807, 2.05) is 36.4 Å². The third kappa shape index (κ3) is 4.17. The lowest BCUT2D eigenvalue weighted by Gasteiger charge is -2.09. The molecule has 8 heteroatoms. The fourth-order valence-corrected chi connectivity index (χ4v) is 2.56. The van der Waals surface area contributed by atoms with Crippen molar-refractivity contribution in [1.82, 2.24) is 9.97 Å². The van der Waals surface area contributed by atoms with Crippen LogP contribution in [0.25, 0.3) is 22.4 Å². The molecule has 0 aliphatic carbocycles. The van der Waals surface area contributed by atoms with Crippen LogP contribution in [0.5, 0.6) is 0 Å². The number of nitrogens with one attached hydrogen (secondary N) is 2. The van der Waals surface area contributed by atoms with Gasteiger partial charge in [0.05, 0.1) is 29.9 Å². The SMILES string of the molecule is CCOC(=O)C(=NNc1ccccc1-c1nc2ccccc2[nH]1)C(=O)OCC. The zero-order valence-corrected chi connectivity index (χ0v) is 15.6. The second-order valence-electron chi connectivity index (χ2n) is 5.66. The minimum absolute atomic E-state index is 0.118. The maximum Gasteiger partial charge on any atom is 0.366 e. The van der Waals surface area contributed by atoms with E-state index < -0.39 is 17.7 Å². The van der Waals surface area contributed by atoms with Gasteiger partial charge in [-0.3, -0.25) is 5.43 Å². The number of nitrogens with zero attached hydrogens (tertiary/aromatic N) is 2. The number of aromatic amines is 1. The molecule has 0 saturated carbocycles. The Bertz CT molecular complexity index is 973. The van der Waals surface area contributed by atoms with Crippen molar-refractivity contribution in [2.75, 3.05) is 18.6 Å². The van der Waals surface area contributed by atoms with Crippen LogP contribution in [-0.4, -0.2) is 40.8 Å². The van der Waals surface area contributed by atoms with Crippen molar-refractivity contribution >= 4 is 34.4 Å². The normalized spacial score (nSPS) is 10.4. The Labute approximate surface area is 161 Å². The lowest BCUT2D eigenvalue weighted by molar-refractivity contribution is -0.140. The maximum absolute atomic E-state index is 12.0. The Hall–Kier alpha value is -3.68. The van der Waals surface area contributed by atoms with Crippen molar-refractivity contribution in [1.29, 1.82) is 0 Å². The first-order chi connectivity index (χ1) is 13.6. The average molecular weight is 380 g/mol. The molecule has 0 radical (unpaired) electrons. The molecule has 0 bridgehead atoms. The molecule has 144 valence electrons. The number of para-hydroxylation sites is 3. The highest BCUT2D eigenvalue weighted by Crippen LogP contribution is 2.27. The Balaban J connectivity index is 1.94. The Kier molecular flexibility index (Phi) is 6.01. The van der Waals surface area contributed by atoms with E-state index in [0.717, 1.165) is 16.6 Å². The summed E-state index contributed by atoms with van der Waals surface area (Å²) in [5, 5.41) is 3.95. The molecule has 2 N–H and O–H groups in total. The second-order valence-corrected chi connectivity index (χ2v) is 5.66. The lowest BCUT2D eigenvalue weighted by atomic mass is 10.2. The van der Waals surface area contributed by atoms with E-state index >= 15 is 0 Å². The van der Waals surface area contributed by atoms with Crippen LogP contribution >= 0.6 is 0 Å². The molecule has 3 rings (SSSR count). The third-order valence-electron chi connectivity index (χ3n) is 3.80. The van der Waals surface area contributed by atoms with Crippen LogP contribution in [0.1, 0.15) is 13.8 Å². The first kappa shape index (κ1) is 19.1. The van der Waals surface area contributed by atoms with Crippen LogP contribution in [0.3, 0.4) is 0 Å².